The van der Waals surface area contributed by atoms with Gasteiger partial charge in [0.1, 0.15) is 9.88 Å². The Morgan fingerprint density at radius 1 is 1.33 bits per heavy atom. The van der Waals surface area contributed by atoms with E-state index in [4.69, 9.17) is 0 Å². The van der Waals surface area contributed by atoms with E-state index in [1.54, 1.807) is 22.8 Å². The van der Waals surface area contributed by atoms with Crippen molar-refractivity contribution in [1.82, 2.24) is 14.8 Å². The maximum absolute atomic E-state index is 12.9. The fourth-order valence-electron chi connectivity index (χ4n) is 2.36. The first kappa shape index (κ1) is 16.9. The topological polar surface area (TPSA) is 51.0 Å². The minimum absolute atomic E-state index is 0.0538. The zero-order valence-electron chi connectivity index (χ0n) is 13.9. The van der Waals surface area contributed by atoms with Gasteiger partial charge in [0, 0.05) is 36.0 Å². The Bertz CT molecular complexity index is 915. The smallest absolute Gasteiger partial charge is 0.270 e. The molecule has 0 unspecified atom stereocenters. The van der Waals surface area contributed by atoms with Crippen molar-refractivity contribution in [2.24, 2.45) is 7.05 Å². The van der Waals surface area contributed by atoms with Crippen LogP contribution in [-0.4, -0.2) is 27.7 Å². The molecule has 0 saturated carbocycles. The summed E-state index contributed by atoms with van der Waals surface area (Å²) < 4.78 is 2.75. The van der Waals surface area contributed by atoms with Gasteiger partial charge in [0.25, 0.3) is 5.91 Å². The Labute approximate surface area is 153 Å². The first-order valence-corrected chi connectivity index (χ1v) is 8.98. The van der Waals surface area contributed by atoms with Gasteiger partial charge in [-0.3, -0.25) is 9.48 Å². The van der Waals surface area contributed by atoms with E-state index in [9.17, 15) is 4.79 Å². The zero-order valence-corrected chi connectivity index (χ0v) is 16.3. The molecule has 7 heteroatoms. The van der Waals surface area contributed by atoms with Crippen LogP contribution in [0.3, 0.4) is 0 Å². The van der Waals surface area contributed by atoms with Crippen molar-refractivity contribution in [3.63, 3.8) is 0 Å². The molecule has 3 aromatic rings. The molecule has 124 valence electrons. The number of amides is 1. The monoisotopic (exact) mass is 404 g/mol. The molecule has 0 saturated heterocycles. The van der Waals surface area contributed by atoms with E-state index in [0.717, 1.165) is 32.0 Å². The number of aromatic nitrogens is 3. The lowest BCUT2D eigenvalue weighted by Gasteiger charge is -2.17. The second-order valence-electron chi connectivity index (χ2n) is 5.63. The number of carbonyl (C=O) groups is 1. The Balaban J connectivity index is 1.92. The van der Waals surface area contributed by atoms with Crippen LogP contribution in [0.2, 0.25) is 0 Å². The molecule has 0 aliphatic rings. The number of hydrogen-bond donors (Lipinski definition) is 0. The van der Waals surface area contributed by atoms with Crippen LogP contribution in [0.4, 0.5) is 5.69 Å². The lowest BCUT2D eigenvalue weighted by atomic mass is 10.2. The number of anilines is 1. The fraction of sp³-hybridized carbons (Fsp3) is 0.235. The molecule has 24 heavy (non-hydrogen) atoms. The van der Waals surface area contributed by atoms with E-state index in [0.29, 0.717) is 4.88 Å². The second kappa shape index (κ2) is 6.49. The predicted molar refractivity (Wildman–Crippen MR) is 101 cm³/mol. The van der Waals surface area contributed by atoms with Crippen LogP contribution >= 0.6 is 27.3 Å². The van der Waals surface area contributed by atoms with Gasteiger partial charge in [0.05, 0.1) is 11.9 Å². The van der Waals surface area contributed by atoms with Gasteiger partial charge in [0.15, 0.2) is 0 Å². The van der Waals surface area contributed by atoms with Gasteiger partial charge in [-0.05, 0) is 37.6 Å². The highest BCUT2D eigenvalue weighted by atomic mass is 79.9. The number of rotatable bonds is 3. The molecule has 2 heterocycles. The normalized spacial score (nSPS) is 10.9. The number of halogens is 1. The van der Waals surface area contributed by atoms with Crippen LogP contribution in [0.5, 0.6) is 0 Å². The van der Waals surface area contributed by atoms with Gasteiger partial charge in [0.2, 0.25) is 0 Å². The summed E-state index contributed by atoms with van der Waals surface area (Å²) >= 11 is 4.88. The highest BCUT2D eigenvalue weighted by Crippen LogP contribution is 2.30. The molecule has 0 atom stereocenters. The minimum atomic E-state index is -0.0538. The number of carbonyl (C=O) groups excluding carboxylic acids is 1. The van der Waals surface area contributed by atoms with E-state index in [1.807, 2.05) is 45.3 Å². The highest BCUT2D eigenvalue weighted by Gasteiger charge is 2.21. The van der Waals surface area contributed by atoms with Crippen LogP contribution in [0.15, 0.2) is 35.1 Å². The van der Waals surface area contributed by atoms with Gasteiger partial charge in [-0.25, -0.2) is 4.98 Å². The Morgan fingerprint density at radius 3 is 2.71 bits per heavy atom. The minimum Gasteiger partial charge on any atom is -0.311 e. The zero-order chi connectivity index (χ0) is 17.4. The Morgan fingerprint density at radius 2 is 2.08 bits per heavy atom. The van der Waals surface area contributed by atoms with Gasteiger partial charge in [-0.1, -0.05) is 15.9 Å². The summed E-state index contributed by atoms with van der Waals surface area (Å²) in [5.41, 5.74) is 3.61. The average Bonchev–Trinajstić information content (AvgIpc) is 3.14. The highest BCUT2D eigenvalue weighted by molar-refractivity contribution is 9.10. The standard InChI is InChI=1S/C17H17BrN4OS/c1-10-7-13(5-6-14(10)18)22(4)17(23)15-11(2)20-16(24-15)12-8-19-21(3)9-12/h5-9H,1-4H3. The number of aryl methyl sites for hydroxylation is 3. The molecular weight excluding hydrogens is 388 g/mol. The number of nitrogens with zero attached hydrogens (tertiary/aromatic N) is 4. The molecular formula is C17H17BrN4OS. The summed E-state index contributed by atoms with van der Waals surface area (Å²) in [6.07, 6.45) is 3.66. The van der Waals surface area contributed by atoms with Gasteiger partial charge in [-0.2, -0.15) is 5.10 Å². The maximum atomic E-state index is 12.9. The first-order chi connectivity index (χ1) is 11.4. The summed E-state index contributed by atoms with van der Waals surface area (Å²) in [7, 11) is 3.65. The molecule has 0 radical (unpaired) electrons. The van der Waals surface area contributed by atoms with Gasteiger partial charge >= 0.3 is 0 Å². The van der Waals surface area contributed by atoms with E-state index >= 15 is 0 Å². The second-order valence-corrected chi connectivity index (χ2v) is 7.49. The lowest BCUT2D eigenvalue weighted by molar-refractivity contribution is 0.0996. The SMILES string of the molecule is Cc1cc(N(C)C(=O)c2sc(-c3cnn(C)c3)nc2C)ccc1Br. The maximum Gasteiger partial charge on any atom is 0.270 e. The van der Waals surface area contributed by atoms with Crippen molar-refractivity contribution in [1.29, 1.82) is 0 Å². The summed E-state index contributed by atoms with van der Waals surface area (Å²) in [6, 6.07) is 5.86. The fourth-order valence-corrected chi connectivity index (χ4v) is 3.62. The summed E-state index contributed by atoms with van der Waals surface area (Å²) in [5.74, 6) is -0.0538. The van der Waals surface area contributed by atoms with Crippen molar-refractivity contribution in [3.05, 3.63) is 51.2 Å². The van der Waals surface area contributed by atoms with Crippen molar-refractivity contribution in [3.8, 4) is 10.6 Å². The van der Waals surface area contributed by atoms with Crippen molar-refractivity contribution in [2.45, 2.75) is 13.8 Å². The number of benzene rings is 1. The first-order valence-electron chi connectivity index (χ1n) is 7.37. The van der Waals surface area contributed by atoms with E-state index < -0.39 is 0 Å². The van der Waals surface area contributed by atoms with Crippen molar-refractivity contribution < 1.29 is 4.79 Å². The Kier molecular flexibility index (Phi) is 4.56. The number of thiazole rings is 1. The van der Waals surface area contributed by atoms with E-state index in [1.165, 1.54) is 11.3 Å². The van der Waals surface area contributed by atoms with Crippen LogP contribution in [0.25, 0.3) is 10.6 Å². The van der Waals surface area contributed by atoms with Crippen molar-refractivity contribution in [2.75, 3.05) is 11.9 Å². The van der Waals surface area contributed by atoms with Crippen molar-refractivity contribution >= 4 is 38.9 Å². The third-order valence-corrected chi connectivity index (χ3v) is 5.86. The molecule has 0 N–H and O–H groups in total. The quantitative estimate of drug-likeness (QED) is 0.656. The summed E-state index contributed by atoms with van der Waals surface area (Å²) in [4.78, 5) is 19.7. The Hall–Kier alpha value is -1.99. The molecule has 5 nitrogen and oxygen atoms in total. The molecule has 2 aromatic heterocycles. The van der Waals surface area contributed by atoms with E-state index in [2.05, 4.69) is 26.0 Å². The predicted octanol–water partition coefficient (Wildman–Crippen LogP) is 4.20. The molecule has 3 rings (SSSR count). The molecule has 1 amide bonds. The summed E-state index contributed by atoms with van der Waals surface area (Å²) in [5, 5.41) is 4.97. The molecule has 0 aliphatic heterocycles. The summed E-state index contributed by atoms with van der Waals surface area (Å²) in [6.45, 7) is 3.87. The molecule has 1 aromatic carbocycles. The number of hydrogen-bond acceptors (Lipinski definition) is 4. The van der Waals surface area contributed by atoms with Crippen LogP contribution in [-0.2, 0) is 7.05 Å². The molecule has 0 aliphatic carbocycles. The average molecular weight is 405 g/mol. The van der Waals surface area contributed by atoms with Gasteiger partial charge < -0.3 is 4.90 Å². The molecule has 0 spiro atoms. The van der Waals surface area contributed by atoms with E-state index in [-0.39, 0.29) is 5.91 Å². The largest absolute Gasteiger partial charge is 0.311 e. The van der Waals surface area contributed by atoms with Gasteiger partial charge in [-0.15, -0.1) is 11.3 Å². The third-order valence-electron chi connectivity index (χ3n) is 3.78. The van der Waals surface area contributed by atoms with Crippen LogP contribution < -0.4 is 4.90 Å². The van der Waals surface area contributed by atoms with Crippen LogP contribution in [0.1, 0.15) is 20.9 Å². The third kappa shape index (κ3) is 3.14. The molecule has 0 bridgehead atoms. The lowest BCUT2D eigenvalue weighted by Crippen LogP contribution is -2.26. The van der Waals surface area contributed by atoms with Crippen LogP contribution in [0, 0.1) is 13.8 Å². The molecule has 0 fully saturated rings.